The lowest BCUT2D eigenvalue weighted by Gasteiger charge is -2.06. The Balaban J connectivity index is 2.41. The number of hydrogen-bond acceptors (Lipinski definition) is 2. The molecule has 1 aromatic carbocycles. The fourth-order valence-corrected chi connectivity index (χ4v) is 2.03. The van der Waals surface area contributed by atoms with Gasteiger partial charge in [0.1, 0.15) is 5.82 Å². The highest BCUT2D eigenvalue weighted by atomic mass is 15.1. The summed E-state index contributed by atoms with van der Waals surface area (Å²) in [6.45, 7) is 3.73. The first-order chi connectivity index (χ1) is 7.86. The largest absolute Gasteiger partial charge is 0.329 e. The first-order valence-corrected chi connectivity index (χ1v) is 6.01. The first-order valence-electron chi connectivity index (χ1n) is 6.01. The number of unbranched alkanes of at least 4 members (excludes halogenated alkanes) is 1. The molecule has 0 aliphatic rings. The molecule has 86 valence electrons. The first kappa shape index (κ1) is 11.1. The number of aromatic nitrogens is 2. The molecule has 2 rings (SSSR count). The van der Waals surface area contributed by atoms with E-state index >= 15 is 0 Å². The molecule has 0 radical (unpaired) electrons. The quantitative estimate of drug-likeness (QED) is 0.835. The number of hydrogen-bond donors (Lipinski definition) is 1. The third-order valence-corrected chi connectivity index (χ3v) is 2.84. The Bertz CT molecular complexity index is 459. The highest BCUT2D eigenvalue weighted by molar-refractivity contribution is 5.75. The van der Waals surface area contributed by atoms with Crippen LogP contribution in [-0.4, -0.2) is 16.1 Å². The van der Waals surface area contributed by atoms with Gasteiger partial charge in [-0.3, -0.25) is 0 Å². The van der Waals surface area contributed by atoms with E-state index in [1.807, 2.05) is 6.07 Å². The zero-order chi connectivity index (χ0) is 11.4. The number of fused-ring (bicyclic) bond motifs is 1. The summed E-state index contributed by atoms with van der Waals surface area (Å²) in [6.07, 6.45) is 3.44. The Morgan fingerprint density at radius 1 is 1.31 bits per heavy atom. The fourth-order valence-electron chi connectivity index (χ4n) is 2.03. The topological polar surface area (TPSA) is 43.8 Å². The standard InChI is InChI=1S/C13H19N3/c1-2-3-8-13-15-11-6-4-5-7-12(11)16(13)10-9-14/h4-7H,2-3,8-10,14H2,1H3. The molecule has 1 aromatic heterocycles. The second-order valence-corrected chi connectivity index (χ2v) is 4.06. The fraction of sp³-hybridized carbons (Fsp3) is 0.462. The molecule has 3 heteroatoms. The van der Waals surface area contributed by atoms with Crippen molar-refractivity contribution >= 4 is 11.0 Å². The van der Waals surface area contributed by atoms with Crippen molar-refractivity contribution in [1.82, 2.24) is 9.55 Å². The van der Waals surface area contributed by atoms with Crippen LogP contribution >= 0.6 is 0 Å². The van der Waals surface area contributed by atoms with E-state index < -0.39 is 0 Å². The Kier molecular flexibility index (Phi) is 3.57. The summed E-state index contributed by atoms with van der Waals surface area (Å²) in [5, 5.41) is 0. The van der Waals surface area contributed by atoms with Gasteiger partial charge in [0, 0.05) is 19.5 Å². The van der Waals surface area contributed by atoms with E-state index in [-0.39, 0.29) is 0 Å². The van der Waals surface area contributed by atoms with Gasteiger partial charge in [0.15, 0.2) is 0 Å². The van der Waals surface area contributed by atoms with Crippen molar-refractivity contribution in [2.45, 2.75) is 32.7 Å². The number of benzene rings is 1. The molecule has 0 saturated heterocycles. The molecule has 0 fully saturated rings. The van der Waals surface area contributed by atoms with Gasteiger partial charge in [0.05, 0.1) is 11.0 Å². The Morgan fingerprint density at radius 3 is 2.88 bits per heavy atom. The monoisotopic (exact) mass is 217 g/mol. The van der Waals surface area contributed by atoms with E-state index in [0.717, 1.165) is 18.5 Å². The molecule has 0 spiro atoms. The molecule has 3 nitrogen and oxygen atoms in total. The maximum atomic E-state index is 5.66. The van der Waals surface area contributed by atoms with Crippen LogP contribution in [0.4, 0.5) is 0 Å². The Morgan fingerprint density at radius 2 is 2.12 bits per heavy atom. The second-order valence-electron chi connectivity index (χ2n) is 4.06. The lowest BCUT2D eigenvalue weighted by Crippen LogP contribution is -2.12. The maximum Gasteiger partial charge on any atom is 0.109 e. The van der Waals surface area contributed by atoms with Crippen LogP contribution in [0.15, 0.2) is 24.3 Å². The van der Waals surface area contributed by atoms with Crippen molar-refractivity contribution in [3.63, 3.8) is 0 Å². The molecular weight excluding hydrogens is 198 g/mol. The van der Waals surface area contributed by atoms with E-state index in [1.165, 1.54) is 24.2 Å². The lowest BCUT2D eigenvalue weighted by atomic mass is 10.2. The van der Waals surface area contributed by atoms with Crippen molar-refractivity contribution in [1.29, 1.82) is 0 Å². The second kappa shape index (κ2) is 5.12. The average molecular weight is 217 g/mol. The van der Waals surface area contributed by atoms with Crippen molar-refractivity contribution in [2.75, 3.05) is 6.54 Å². The summed E-state index contributed by atoms with van der Waals surface area (Å²) in [4.78, 5) is 4.68. The third-order valence-electron chi connectivity index (χ3n) is 2.84. The summed E-state index contributed by atoms with van der Waals surface area (Å²) in [5.74, 6) is 1.17. The van der Waals surface area contributed by atoms with E-state index in [1.54, 1.807) is 0 Å². The number of rotatable bonds is 5. The third kappa shape index (κ3) is 2.09. The lowest BCUT2D eigenvalue weighted by molar-refractivity contribution is 0.651. The average Bonchev–Trinajstić information content (AvgIpc) is 2.66. The normalized spacial score (nSPS) is 11.1. The van der Waals surface area contributed by atoms with Crippen LogP contribution in [0.25, 0.3) is 11.0 Å². The SMILES string of the molecule is CCCCc1nc2ccccc2n1CCN. The van der Waals surface area contributed by atoms with Gasteiger partial charge < -0.3 is 10.3 Å². The van der Waals surface area contributed by atoms with Gasteiger partial charge in [0.2, 0.25) is 0 Å². The predicted octanol–water partition coefficient (Wildman–Crippen LogP) is 2.34. The molecule has 0 aliphatic heterocycles. The molecule has 1 heterocycles. The van der Waals surface area contributed by atoms with Gasteiger partial charge in [-0.25, -0.2) is 4.98 Å². The van der Waals surface area contributed by atoms with Crippen LogP contribution in [0.1, 0.15) is 25.6 Å². The minimum absolute atomic E-state index is 0.666. The highest BCUT2D eigenvalue weighted by Gasteiger charge is 2.08. The number of imidazole rings is 1. The molecule has 0 bridgehead atoms. The molecule has 2 aromatic rings. The van der Waals surface area contributed by atoms with Crippen LogP contribution in [0.5, 0.6) is 0 Å². The van der Waals surface area contributed by atoms with Crippen molar-refractivity contribution < 1.29 is 0 Å². The van der Waals surface area contributed by atoms with Gasteiger partial charge in [-0.15, -0.1) is 0 Å². The number of aryl methyl sites for hydroxylation is 1. The predicted molar refractivity (Wildman–Crippen MR) is 67.4 cm³/mol. The minimum atomic E-state index is 0.666. The molecule has 0 aliphatic carbocycles. The minimum Gasteiger partial charge on any atom is -0.329 e. The zero-order valence-electron chi connectivity index (χ0n) is 9.82. The van der Waals surface area contributed by atoms with E-state index in [4.69, 9.17) is 5.73 Å². The van der Waals surface area contributed by atoms with Crippen molar-refractivity contribution in [3.8, 4) is 0 Å². The van der Waals surface area contributed by atoms with Gasteiger partial charge >= 0.3 is 0 Å². The summed E-state index contributed by atoms with van der Waals surface area (Å²) in [5.41, 5.74) is 7.95. The molecule has 0 amide bonds. The van der Waals surface area contributed by atoms with Gasteiger partial charge in [-0.05, 0) is 18.6 Å². The maximum absolute atomic E-state index is 5.66. The molecule has 2 N–H and O–H groups in total. The van der Waals surface area contributed by atoms with Crippen molar-refractivity contribution in [2.24, 2.45) is 5.73 Å². The summed E-state index contributed by atoms with van der Waals surface area (Å²) in [7, 11) is 0. The molecule has 0 atom stereocenters. The van der Waals surface area contributed by atoms with Gasteiger partial charge in [0.25, 0.3) is 0 Å². The van der Waals surface area contributed by atoms with E-state index in [0.29, 0.717) is 6.54 Å². The number of para-hydroxylation sites is 2. The van der Waals surface area contributed by atoms with Gasteiger partial charge in [-0.2, -0.15) is 0 Å². The van der Waals surface area contributed by atoms with Crippen LogP contribution in [0.2, 0.25) is 0 Å². The van der Waals surface area contributed by atoms with Gasteiger partial charge in [-0.1, -0.05) is 25.5 Å². The zero-order valence-corrected chi connectivity index (χ0v) is 9.82. The van der Waals surface area contributed by atoms with Crippen LogP contribution < -0.4 is 5.73 Å². The Labute approximate surface area is 96.3 Å². The molecular formula is C13H19N3. The van der Waals surface area contributed by atoms with E-state index in [2.05, 4.69) is 34.7 Å². The van der Waals surface area contributed by atoms with Crippen LogP contribution in [-0.2, 0) is 13.0 Å². The van der Waals surface area contributed by atoms with Crippen LogP contribution in [0, 0.1) is 0 Å². The summed E-state index contributed by atoms with van der Waals surface area (Å²) >= 11 is 0. The highest BCUT2D eigenvalue weighted by Crippen LogP contribution is 2.17. The van der Waals surface area contributed by atoms with Crippen molar-refractivity contribution in [3.05, 3.63) is 30.1 Å². The van der Waals surface area contributed by atoms with E-state index in [9.17, 15) is 0 Å². The Hall–Kier alpha value is -1.35. The molecule has 16 heavy (non-hydrogen) atoms. The smallest absolute Gasteiger partial charge is 0.109 e. The number of nitrogens with two attached hydrogens (primary N) is 1. The number of nitrogens with zero attached hydrogens (tertiary/aromatic N) is 2. The molecule has 0 unspecified atom stereocenters. The summed E-state index contributed by atoms with van der Waals surface area (Å²) in [6, 6.07) is 8.28. The molecule has 0 saturated carbocycles. The summed E-state index contributed by atoms with van der Waals surface area (Å²) < 4.78 is 2.25. The van der Waals surface area contributed by atoms with Crippen LogP contribution in [0.3, 0.4) is 0 Å².